The molecule has 19 heavy (non-hydrogen) atoms. The van der Waals surface area contributed by atoms with Crippen LogP contribution in [0.2, 0.25) is 0 Å². The molecule has 3 rings (SSSR count). The molecule has 0 amide bonds. The highest BCUT2D eigenvalue weighted by atomic mass is 16.1. The summed E-state index contributed by atoms with van der Waals surface area (Å²) < 4.78 is 1.62. The Morgan fingerprint density at radius 1 is 0.947 bits per heavy atom. The molecular formula is C16H14N2O. The molecule has 2 aromatic carbocycles. The molecule has 3 nitrogen and oxygen atoms in total. The first-order valence-electron chi connectivity index (χ1n) is 6.11. The van der Waals surface area contributed by atoms with Gasteiger partial charge >= 0.3 is 0 Å². The molecule has 0 unspecified atom stereocenters. The maximum Gasteiger partial charge on any atom is 0.258 e. The molecule has 0 atom stereocenters. The molecule has 0 radical (unpaired) electrons. The number of rotatable bonds is 1. The maximum atomic E-state index is 12.1. The SMILES string of the molecule is Cn1cc(-c2ccc(N)cc2)c2ccccc2c1=O. The number of anilines is 1. The molecule has 0 aliphatic rings. The number of benzene rings is 2. The van der Waals surface area contributed by atoms with Crippen LogP contribution in [0.25, 0.3) is 21.9 Å². The van der Waals surface area contributed by atoms with E-state index in [4.69, 9.17) is 5.73 Å². The number of aromatic nitrogens is 1. The molecular weight excluding hydrogens is 236 g/mol. The van der Waals surface area contributed by atoms with Crippen LogP contribution in [0, 0.1) is 0 Å². The van der Waals surface area contributed by atoms with E-state index in [2.05, 4.69) is 0 Å². The number of hydrogen-bond acceptors (Lipinski definition) is 2. The van der Waals surface area contributed by atoms with Crippen LogP contribution in [0.5, 0.6) is 0 Å². The fourth-order valence-corrected chi connectivity index (χ4v) is 2.31. The third-order valence-corrected chi connectivity index (χ3v) is 3.31. The summed E-state index contributed by atoms with van der Waals surface area (Å²) in [6, 6.07) is 15.4. The smallest absolute Gasteiger partial charge is 0.258 e. The van der Waals surface area contributed by atoms with Gasteiger partial charge < -0.3 is 10.3 Å². The maximum absolute atomic E-state index is 12.1. The van der Waals surface area contributed by atoms with Crippen LogP contribution in [-0.4, -0.2) is 4.57 Å². The van der Waals surface area contributed by atoms with Crippen molar-refractivity contribution in [2.75, 3.05) is 5.73 Å². The van der Waals surface area contributed by atoms with Gasteiger partial charge in [0.25, 0.3) is 5.56 Å². The summed E-state index contributed by atoms with van der Waals surface area (Å²) in [5, 5.41) is 1.70. The second-order valence-corrected chi connectivity index (χ2v) is 4.63. The van der Waals surface area contributed by atoms with E-state index >= 15 is 0 Å². The third-order valence-electron chi connectivity index (χ3n) is 3.31. The summed E-state index contributed by atoms with van der Waals surface area (Å²) in [5.74, 6) is 0. The zero-order chi connectivity index (χ0) is 13.4. The van der Waals surface area contributed by atoms with Crippen molar-refractivity contribution in [1.29, 1.82) is 0 Å². The van der Waals surface area contributed by atoms with Crippen molar-refractivity contribution in [3.8, 4) is 11.1 Å². The van der Waals surface area contributed by atoms with Crippen LogP contribution in [-0.2, 0) is 7.05 Å². The van der Waals surface area contributed by atoms with Gasteiger partial charge in [0, 0.05) is 29.9 Å². The summed E-state index contributed by atoms with van der Waals surface area (Å²) in [7, 11) is 1.77. The van der Waals surface area contributed by atoms with Crippen molar-refractivity contribution < 1.29 is 0 Å². The first-order chi connectivity index (χ1) is 9.16. The Hall–Kier alpha value is -2.55. The lowest BCUT2D eigenvalue weighted by molar-refractivity contribution is 0.875. The molecule has 1 heterocycles. The summed E-state index contributed by atoms with van der Waals surface area (Å²) >= 11 is 0. The molecule has 0 aliphatic heterocycles. The van der Waals surface area contributed by atoms with E-state index < -0.39 is 0 Å². The predicted octanol–water partition coefficient (Wildman–Crippen LogP) is 2.79. The number of nitrogens with two attached hydrogens (primary N) is 1. The summed E-state index contributed by atoms with van der Waals surface area (Å²) in [6.07, 6.45) is 1.87. The van der Waals surface area contributed by atoms with Crippen LogP contribution in [0.1, 0.15) is 0 Å². The van der Waals surface area contributed by atoms with Gasteiger partial charge in [-0.1, -0.05) is 30.3 Å². The molecule has 0 aliphatic carbocycles. The Balaban J connectivity index is 2.38. The highest BCUT2D eigenvalue weighted by Crippen LogP contribution is 2.27. The average molecular weight is 250 g/mol. The van der Waals surface area contributed by atoms with Gasteiger partial charge in [-0.05, 0) is 29.1 Å². The van der Waals surface area contributed by atoms with Gasteiger partial charge in [0.1, 0.15) is 0 Å². The second-order valence-electron chi connectivity index (χ2n) is 4.63. The van der Waals surface area contributed by atoms with Crippen molar-refractivity contribution in [1.82, 2.24) is 4.57 Å². The van der Waals surface area contributed by atoms with Crippen molar-refractivity contribution >= 4 is 16.5 Å². The van der Waals surface area contributed by atoms with E-state index in [1.807, 2.05) is 54.7 Å². The van der Waals surface area contributed by atoms with Crippen LogP contribution in [0.15, 0.2) is 59.5 Å². The molecule has 3 heteroatoms. The highest BCUT2D eigenvalue weighted by Gasteiger charge is 2.08. The van der Waals surface area contributed by atoms with E-state index in [-0.39, 0.29) is 5.56 Å². The van der Waals surface area contributed by atoms with Crippen molar-refractivity contribution in [2.45, 2.75) is 0 Å². The lowest BCUT2D eigenvalue weighted by Gasteiger charge is -2.09. The molecule has 0 bridgehead atoms. The zero-order valence-electron chi connectivity index (χ0n) is 10.6. The predicted molar refractivity (Wildman–Crippen MR) is 79.0 cm³/mol. The van der Waals surface area contributed by atoms with Gasteiger partial charge in [-0.25, -0.2) is 0 Å². The molecule has 0 spiro atoms. The zero-order valence-corrected chi connectivity index (χ0v) is 10.6. The third kappa shape index (κ3) is 1.89. The standard InChI is InChI=1S/C16H14N2O/c1-18-10-15(11-6-8-12(17)9-7-11)13-4-2-3-5-14(13)16(18)19/h2-10H,17H2,1H3. The van der Waals surface area contributed by atoms with E-state index in [0.717, 1.165) is 27.6 Å². The molecule has 0 fully saturated rings. The van der Waals surface area contributed by atoms with Crippen LogP contribution in [0.3, 0.4) is 0 Å². The summed E-state index contributed by atoms with van der Waals surface area (Å²) in [6.45, 7) is 0. The Labute approximate surface area is 110 Å². The van der Waals surface area contributed by atoms with E-state index in [1.165, 1.54) is 0 Å². The number of hydrogen-bond donors (Lipinski definition) is 1. The first-order valence-corrected chi connectivity index (χ1v) is 6.11. The van der Waals surface area contributed by atoms with Gasteiger partial charge in [0.15, 0.2) is 0 Å². The van der Waals surface area contributed by atoms with Gasteiger partial charge in [0.2, 0.25) is 0 Å². The summed E-state index contributed by atoms with van der Waals surface area (Å²) in [5.41, 5.74) is 8.57. The van der Waals surface area contributed by atoms with Crippen LogP contribution < -0.4 is 11.3 Å². The fourth-order valence-electron chi connectivity index (χ4n) is 2.31. The molecule has 94 valence electrons. The first kappa shape index (κ1) is 11.5. The van der Waals surface area contributed by atoms with Crippen molar-refractivity contribution in [2.24, 2.45) is 7.05 Å². The minimum absolute atomic E-state index is 0.0230. The molecule has 1 aromatic heterocycles. The molecule has 3 aromatic rings. The van der Waals surface area contributed by atoms with Crippen LogP contribution in [0.4, 0.5) is 5.69 Å². The normalized spacial score (nSPS) is 10.8. The number of nitrogen functional groups attached to an aromatic ring is 1. The van der Waals surface area contributed by atoms with Crippen molar-refractivity contribution in [3.63, 3.8) is 0 Å². The Morgan fingerprint density at radius 2 is 1.58 bits per heavy atom. The quantitative estimate of drug-likeness (QED) is 0.675. The topological polar surface area (TPSA) is 48.0 Å². The average Bonchev–Trinajstić information content (AvgIpc) is 2.44. The lowest BCUT2D eigenvalue weighted by Crippen LogP contribution is -2.16. The molecule has 2 N–H and O–H groups in total. The number of aryl methyl sites for hydroxylation is 1. The fraction of sp³-hybridized carbons (Fsp3) is 0.0625. The Kier molecular flexibility index (Phi) is 2.60. The lowest BCUT2D eigenvalue weighted by atomic mass is 10.0. The Bertz CT molecular complexity index is 801. The number of nitrogens with zero attached hydrogens (tertiary/aromatic N) is 1. The van der Waals surface area contributed by atoms with E-state index in [1.54, 1.807) is 11.6 Å². The Morgan fingerprint density at radius 3 is 2.26 bits per heavy atom. The highest BCUT2D eigenvalue weighted by molar-refractivity contribution is 5.95. The summed E-state index contributed by atoms with van der Waals surface area (Å²) in [4.78, 5) is 12.1. The minimum Gasteiger partial charge on any atom is -0.399 e. The molecule has 0 saturated carbocycles. The van der Waals surface area contributed by atoms with Crippen LogP contribution >= 0.6 is 0 Å². The van der Waals surface area contributed by atoms with E-state index in [0.29, 0.717) is 0 Å². The van der Waals surface area contributed by atoms with Gasteiger partial charge in [-0.3, -0.25) is 4.79 Å². The second kappa shape index (κ2) is 4.28. The van der Waals surface area contributed by atoms with Gasteiger partial charge in [-0.2, -0.15) is 0 Å². The minimum atomic E-state index is 0.0230. The van der Waals surface area contributed by atoms with Crippen molar-refractivity contribution in [3.05, 3.63) is 65.1 Å². The van der Waals surface area contributed by atoms with Gasteiger partial charge in [0.05, 0.1) is 0 Å². The van der Waals surface area contributed by atoms with Gasteiger partial charge in [-0.15, -0.1) is 0 Å². The monoisotopic (exact) mass is 250 g/mol. The number of pyridine rings is 1. The van der Waals surface area contributed by atoms with E-state index in [9.17, 15) is 4.79 Å². The number of fused-ring (bicyclic) bond motifs is 1. The largest absolute Gasteiger partial charge is 0.399 e. The molecule has 0 saturated heterocycles.